The molecule has 1 amide bonds. The number of hydrogen-bond acceptors (Lipinski definition) is 4. The van der Waals surface area contributed by atoms with Gasteiger partial charge in [-0.1, -0.05) is 37.3 Å². The first-order valence-electron chi connectivity index (χ1n) is 8.77. The third-order valence-electron chi connectivity index (χ3n) is 4.62. The topological polar surface area (TPSA) is 84.9 Å². The first kappa shape index (κ1) is 20.3. The molecule has 2 rings (SSSR count). The molecular formula is C21H25NO5. The zero-order chi connectivity index (χ0) is 19.9. The number of carbonyl (C=O) groups is 2. The van der Waals surface area contributed by atoms with E-state index in [-0.39, 0.29) is 18.7 Å². The maximum atomic E-state index is 12.6. The lowest BCUT2D eigenvalue weighted by Gasteiger charge is -2.30. The predicted molar refractivity (Wildman–Crippen MR) is 102 cm³/mol. The van der Waals surface area contributed by atoms with Crippen LogP contribution in [0, 0.1) is 0 Å². The van der Waals surface area contributed by atoms with E-state index in [1.807, 2.05) is 12.1 Å². The standard InChI is InChI=1S/C21H25NO5/c1-4-21(20(24)25,16-8-6-5-7-9-16)22-19(23)13-10-15-14-17(26-2)11-12-18(15)27-3/h5-9,11-12,14H,4,10,13H2,1-3H3,(H,22,23)(H,24,25). The molecule has 0 radical (unpaired) electrons. The molecule has 27 heavy (non-hydrogen) atoms. The summed E-state index contributed by atoms with van der Waals surface area (Å²) in [6, 6.07) is 14.1. The van der Waals surface area contributed by atoms with E-state index < -0.39 is 11.5 Å². The zero-order valence-electron chi connectivity index (χ0n) is 15.8. The van der Waals surface area contributed by atoms with Gasteiger partial charge in [0.2, 0.25) is 5.91 Å². The van der Waals surface area contributed by atoms with Crippen LogP contribution in [0.2, 0.25) is 0 Å². The third kappa shape index (κ3) is 4.58. The Bertz CT molecular complexity index is 790. The molecule has 0 bridgehead atoms. The van der Waals surface area contributed by atoms with Crippen LogP contribution >= 0.6 is 0 Å². The van der Waals surface area contributed by atoms with E-state index in [4.69, 9.17) is 9.47 Å². The molecule has 2 aromatic rings. The molecule has 6 nitrogen and oxygen atoms in total. The first-order chi connectivity index (χ1) is 13.0. The van der Waals surface area contributed by atoms with E-state index in [1.54, 1.807) is 57.5 Å². The Balaban J connectivity index is 2.17. The number of aliphatic carboxylic acids is 1. The van der Waals surface area contributed by atoms with Crippen LogP contribution in [0.5, 0.6) is 11.5 Å². The van der Waals surface area contributed by atoms with Crippen molar-refractivity contribution < 1.29 is 24.2 Å². The van der Waals surface area contributed by atoms with Gasteiger partial charge in [0.05, 0.1) is 14.2 Å². The molecule has 0 fully saturated rings. The maximum absolute atomic E-state index is 12.6. The van der Waals surface area contributed by atoms with E-state index in [9.17, 15) is 14.7 Å². The highest BCUT2D eigenvalue weighted by Crippen LogP contribution is 2.27. The number of benzene rings is 2. The Kier molecular flexibility index (Phi) is 6.82. The van der Waals surface area contributed by atoms with Gasteiger partial charge in [-0.15, -0.1) is 0 Å². The molecule has 0 saturated heterocycles. The van der Waals surface area contributed by atoms with Crippen molar-refractivity contribution in [1.82, 2.24) is 5.32 Å². The number of carboxylic acids is 1. The molecule has 2 aromatic carbocycles. The van der Waals surface area contributed by atoms with Crippen LogP contribution in [-0.4, -0.2) is 31.2 Å². The summed E-state index contributed by atoms with van der Waals surface area (Å²) in [4.78, 5) is 24.6. The van der Waals surface area contributed by atoms with Gasteiger partial charge in [-0.25, -0.2) is 4.79 Å². The normalized spacial score (nSPS) is 12.7. The van der Waals surface area contributed by atoms with Crippen LogP contribution in [0.3, 0.4) is 0 Å². The van der Waals surface area contributed by atoms with Gasteiger partial charge in [0.15, 0.2) is 5.54 Å². The number of amides is 1. The number of carboxylic acid groups (broad SMARTS) is 1. The maximum Gasteiger partial charge on any atom is 0.334 e. The molecule has 1 atom stereocenters. The summed E-state index contributed by atoms with van der Waals surface area (Å²) in [6.45, 7) is 1.74. The van der Waals surface area contributed by atoms with E-state index in [1.165, 1.54) is 0 Å². The number of aryl methyl sites for hydroxylation is 1. The van der Waals surface area contributed by atoms with Crippen LogP contribution in [0.25, 0.3) is 0 Å². The van der Waals surface area contributed by atoms with Crippen LogP contribution in [0.1, 0.15) is 30.9 Å². The number of rotatable bonds is 9. The van der Waals surface area contributed by atoms with Gasteiger partial charge < -0.3 is 19.9 Å². The Hall–Kier alpha value is -3.02. The summed E-state index contributed by atoms with van der Waals surface area (Å²) in [6.07, 6.45) is 0.770. The summed E-state index contributed by atoms with van der Waals surface area (Å²) in [5.41, 5.74) is -0.0759. The lowest BCUT2D eigenvalue weighted by molar-refractivity contribution is -0.148. The Morgan fingerprint density at radius 2 is 1.78 bits per heavy atom. The minimum absolute atomic E-state index is 0.130. The molecular weight excluding hydrogens is 346 g/mol. The van der Waals surface area contributed by atoms with Crippen molar-refractivity contribution in [2.24, 2.45) is 0 Å². The monoisotopic (exact) mass is 371 g/mol. The lowest BCUT2D eigenvalue weighted by atomic mass is 9.87. The van der Waals surface area contributed by atoms with Crippen molar-refractivity contribution >= 4 is 11.9 Å². The fourth-order valence-electron chi connectivity index (χ4n) is 3.04. The molecule has 6 heteroatoms. The smallest absolute Gasteiger partial charge is 0.334 e. The second-order valence-electron chi connectivity index (χ2n) is 6.16. The predicted octanol–water partition coefficient (Wildman–Crippen LogP) is 3.14. The molecule has 144 valence electrons. The van der Waals surface area contributed by atoms with Gasteiger partial charge in [0.25, 0.3) is 0 Å². The van der Waals surface area contributed by atoms with Crippen molar-refractivity contribution in [3.05, 3.63) is 59.7 Å². The van der Waals surface area contributed by atoms with Gasteiger partial charge >= 0.3 is 5.97 Å². The summed E-state index contributed by atoms with van der Waals surface area (Å²) < 4.78 is 10.5. The lowest BCUT2D eigenvalue weighted by Crippen LogP contribution is -2.51. The Morgan fingerprint density at radius 3 is 2.33 bits per heavy atom. The Morgan fingerprint density at radius 1 is 1.07 bits per heavy atom. The summed E-state index contributed by atoms with van der Waals surface area (Å²) >= 11 is 0. The van der Waals surface area contributed by atoms with Crippen molar-refractivity contribution in [2.75, 3.05) is 14.2 Å². The third-order valence-corrected chi connectivity index (χ3v) is 4.62. The average molecular weight is 371 g/mol. The fourth-order valence-corrected chi connectivity index (χ4v) is 3.04. The molecule has 0 aliphatic heterocycles. The zero-order valence-corrected chi connectivity index (χ0v) is 15.8. The molecule has 0 aliphatic carbocycles. The van der Waals surface area contributed by atoms with Crippen molar-refractivity contribution in [2.45, 2.75) is 31.7 Å². The number of ether oxygens (including phenoxy) is 2. The van der Waals surface area contributed by atoms with E-state index in [0.29, 0.717) is 23.5 Å². The largest absolute Gasteiger partial charge is 0.497 e. The van der Waals surface area contributed by atoms with Gasteiger partial charge in [0.1, 0.15) is 11.5 Å². The molecule has 0 aliphatic rings. The highest BCUT2D eigenvalue weighted by atomic mass is 16.5. The molecule has 2 N–H and O–H groups in total. The number of hydrogen-bond donors (Lipinski definition) is 2. The number of methoxy groups -OCH3 is 2. The summed E-state index contributed by atoms with van der Waals surface area (Å²) in [5.74, 6) is -0.0907. The van der Waals surface area contributed by atoms with Crippen molar-refractivity contribution in [3.63, 3.8) is 0 Å². The van der Waals surface area contributed by atoms with Gasteiger partial charge in [-0.3, -0.25) is 4.79 Å². The van der Waals surface area contributed by atoms with Crippen LogP contribution in [0.4, 0.5) is 0 Å². The first-order valence-corrected chi connectivity index (χ1v) is 8.77. The molecule has 0 heterocycles. The second-order valence-corrected chi connectivity index (χ2v) is 6.16. The van der Waals surface area contributed by atoms with Crippen LogP contribution < -0.4 is 14.8 Å². The van der Waals surface area contributed by atoms with Crippen LogP contribution in [-0.2, 0) is 21.5 Å². The van der Waals surface area contributed by atoms with Crippen LogP contribution in [0.15, 0.2) is 48.5 Å². The van der Waals surface area contributed by atoms with E-state index in [0.717, 1.165) is 5.56 Å². The number of nitrogens with one attached hydrogen (secondary N) is 1. The summed E-state index contributed by atoms with van der Waals surface area (Å²) in [5, 5.41) is 12.5. The highest BCUT2D eigenvalue weighted by molar-refractivity contribution is 5.88. The minimum atomic E-state index is -1.45. The van der Waals surface area contributed by atoms with Gasteiger partial charge in [0, 0.05) is 6.42 Å². The fraction of sp³-hybridized carbons (Fsp3) is 0.333. The summed E-state index contributed by atoms with van der Waals surface area (Å²) in [7, 11) is 3.13. The highest BCUT2D eigenvalue weighted by Gasteiger charge is 2.40. The Labute approximate surface area is 159 Å². The average Bonchev–Trinajstić information content (AvgIpc) is 2.70. The molecule has 0 saturated carbocycles. The number of carbonyl (C=O) groups excluding carboxylic acids is 1. The van der Waals surface area contributed by atoms with Crippen molar-refractivity contribution in [1.29, 1.82) is 0 Å². The molecule has 0 aromatic heterocycles. The quantitative estimate of drug-likeness (QED) is 0.707. The van der Waals surface area contributed by atoms with Gasteiger partial charge in [-0.2, -0.15) is 0 Å². The molecule has 1 unspecified atom stereocenters. The minimum Gasteiger partial charge on any atom is -0.497 e. The SMILES string of the molecule is CCC(NC(=O)CCc1cc(OC)ccc1OC)(C(=O)O)c1ccccc1. The molecule has 0 spiro atoms. The van der Waals surface area contributed by atoms with Gasteiger partial charge in [-0.05, 0) is 42.2 Å². The van der Waals surface area contributed by atoms with E-state index in [2.05, 4.69) is 5.32 Å². The van der Waals surface area contributed by atoms with Crippen molar-refractivity contribution in [3.8, 4) is 11.5 Å². The second kappa shape index (κ2) is 9.07. The van der Waals surface area contributed by atoms with E-state index >= 15 is 0 Å².